The molecule has 0 aromatic heterocycles. The molecule has 3 unspecified atom stereocenters. The highest BCUT2D eigenvalue weighted by atomic mass is 127. The minimum Gasteiger partial charge on any atom is -1.00 e. The lowest BCUT2D eigenvalue weighted by atomic mass is 9.49. The molecule has 0 radical (unpaired) electrons. The number of hydrogen-bond acceptors (Lipinski definition) is 2. The summed E-state index contributed by atoms with van der Waals surface area (Å²) in [5.41, 5.74) is -0.245. The highest BCUT2D eigenvalue weighted by molar-refractivity contribution is 6.24. The van der Waals surface area contributed by atoms with Crippen LogP contribution in [0.3, 0.4) is 0 Å². The van der Waals surface area contributed by atoms with Gasteiger partial charge in [0, 0.05) is 17.2 Å². The van der Waals surface area contributed by atoms with Crippen molar-refractivity contribution in [1.29, 1.82) is 0 Å². The quantitative estimate of drug-likeness (QED) is 0.251. The summed E-state index contributed by atoms with van der Waals surface area (Å²) in [5, 5.41) is 0. The molecule has 5 heteroatoms. The van der Waals surface area contributed by atoms with Gasteiger partial charge in [-0.25, -0.2) is 0 Å². The minimum absolute atomic E-state index is 0. The van der Waals surface area contributed by atoms with E-state index in [1.54, 1.807) is 0 Å². The summed E-state index contributed by atoms with van der Waals surface area (Å²) in [4.78, 5) is 13.1. The van der Waals surface area contributed by atoms with Gasteiger partial charge in [0.05, 0.1) is 38.2 Å². The number of carbonyl (C=O) groups is 1. The summed E-state index contributed by atoms with van der Waals surface area (Å²) in [6.07, 6.45) is 13.1. The van der Waals surface area contributed by atoms with E-state index in [1.807, 2.05) is 0 Å². The monoisotopic (exact) mass is 507 g/mol. The van der Waals surface area contributed by atoms with E-state index in [4.69, 9.17) is 16.3 Å². The Kier molecular flexibility index (Phi) is 5.60. The maximum absolute atomic E-state index is 13.2. The van der Waals surface area contributed by atoms with Gasteiger partial charge >= 0.3 is 5.97 Å². The van der Waals surface area contributed by atoms with E-state index in [9.17, 15) is 4.79 Å². The Hall–Kier alpha value is 0.450. The van der Waals surface area contributed by atoms with Crippen molar-refractivity contribution in [2.75, 3.05) is 26.7 Å². The maximum atomic E-state index is 13.2. The zero-order valence-electron chi connectivity index (χ0n) is 16.7. The van der Waals surface area contributed by atoms with Crippen LogP contribution in [0.5, 0.6) is 0 Å². The van der Waals surface area contributed by atoms with Crippen molar-refractivity contribution < 1.29 is 38.0 Å². The standard InChI is InChI=1S/C22H35ClNO2.HI/c1-24-7-3-2-6-19(24)18(5-4-8-24)14-26-20(25)21-10-16-9-17(11-21)13-22(23,12-16)15-21;/h16-19H,2-15H2,1H3;1H/q+1;/p-1/t16?,17?,18-,19+,21?,22?,24?;/m1./s1. The first-order valence-electron chi connectivity index (χ1n) is 11.1. The molecule has 2 heterocycles. The van der Waals surface area contributed by atoms with Crippen LogP contribution in [-0.4, -0.2) is 48.1 Å². The Bertz CT molecular complexity index is 581. The number of fused-ring (bicyclic) bond motifs is 1. The second kappa shape index (κ2) is 7.30. The summed E-state index contributed by atoms with van der Waals surface area (Å²) in [5.74, 6) is 1.99. The number of rotatable bonds is 3. The molecule has 2 saturated heterocycles. The van der Waals surface area contributed by atoms with E-state index in [1.165, 1.54) is 56.1 Å². The summed E-state index contributed by atoms with van der Waals surface area (Å²) < 4.78 is 7.32. The molecule has 0 N–H and O–H groups in total. The fourth-order valence-electron chi connectivity index (χ4n) is 8.15. The highest BCUT2D eigenvalue weighted by Gasteiger charge is 2.61. The number of esters is 1. The molecule has 3 nitrogen and oxygen atoms in total. The van der Waals surface area contributed by atoms with Gasteiger partial charge in [-0.2, -0.15) is 0 Å². The first-order chi connectivity index (χ1) is 12.4. The second-order valence-corrected chi connectivity index (χ2v) is 11.7. The second-order valence-electron chi connectivity index (χ2n) is 10.9. The zero-order valence-corrected chi connectivity index (χ0v) is 19.6. The Morgan fingerprint density at radius 2 is 1.78 bits per heavy atom. The average Bonchev–Trinajstić information content (AvgIpc) is 2.56. The van der Waals surface area contributed by atoms with E-state index >= 15 is 0 Å². The third-order valence-corrected chi connectivity index (χ3v) is 9.30. The molecule has 2 aliphatic heterocycles. The number of alkyl halides is 1. The lowest BCUT2D eigenvalue weighted by Crippen LogP contribution is -3.00. The van der Waals surface area contributed by atoms with Crippen LogP contribution in [0.15, 0.2) is 0 Å². The van der Waals surface area contributed by atoms with E-state index in [0.717, 1.165) is 32.1 Å². The highest BCUT2D eigenvalue weighted by Crippen LogP contribution is 2.64. The number of nitrogens with zero attached hydrogens (tertiary/aromatic N) is 1. The molecular weight excluding hydrogens is 473 g/mol. The Morgan fingerprint density at radius 3 is 2.48 bits per heavy atom. The van der Waals surface area contributed by atoms with Gasteiger partial charge in [0.2, 0.25) is 0 Å². The van der Waals surface area contributed by atoms with Crippen LogP contribution in [0.25, 0.3) is 0 Å². The molecule has 0 aromatic carbocycles. The predicted molar refractivity (Wildman–Crippen MR) is 103 cm³/mol. The molecule has 27 heavy (non-hydrogen) atoms. The Labute approximate surface area is 186 Å². The Balaban J connectivity index is 0.00000180. The molecule has 6 rings (SSSR count). The van der Waals surface area contributed by atoms with Crippen LogP contribution in [0.2, 0.25) is 0 Å². The molecular formula is C22H35ClINO2. The van der Waals surface area contributed by atoms with E-state index < -0.39 is 0 Å². The fraction of sp³-hybridized carbons (Fsp3) is 0.955. The van der Waals surface area contributed by atoms with Crippen LogP contribution in [0.1, 0.15) is 70.6 Å². The first kappa shape index (κ1) is 20.7. The van der Waals surface area contributed by atoms with Crippen molar-refractivity contribution in [2.45, 2.75) is 81.5 Å². The topological polar surface area (TPSA) is 26.3 Å². The number of hydrogen-bond donors (Lipinski definition) is 0. The molecule has 4 bridgehead atoms. The minimum atomic E-state index is -0.245. The molecule has 6 aliphatic rings. The van der Waals surface area contributed by atoms with Crippen molar-refractivity contribution in [3.8, 4) is 0 Å². The Morgan fingerprint density at radius 1 is 1.07 bits per heavy atom. The van der Waals surface area contributed by atoms with E-state index in [2.05, 4.69) is 7.05 Å². The molecule has 6 fully saturated rings. The lowest BCUT2D eigenvalue weighted by Gasteiger charge is -2.58. The van der Waals surface area contributed by atoms with Gasteiger partial charge in [0.25, 0.3) is 0 Å². The van der Waals surface area contributed by atoms with E-state index in [-0.39, 0.29) is 40.2 Å². The van der Waals surface area contributed by atoms with Crippen LogP contribution in [0.4, 0.5) is 0 Å². The SMILES string of the molecule is C[N+]12CCCC[C@H]1[C@@H](COC(=O)C13CC4CC(CC(Cl)(C4)C1)C3)CCC2.[I-]. The van der Waals surface area contributed by atoms with Gasteiger partial charge in [0.1, 0.15) is 0 Å². The fourth-order valence-corrected chi connectivity index (χ4v) is 8.85. The molecule has 4 saturated carbocycles. The largest absolute Gasteiger partial charge is 1.00 e. The van der Waals surface area contributed by atoms with Crippen molar-refractivity contribution in [3.05, 3.63) is 0 Å². The van der Waals surface area contributed by atoms with Crippen LogP contribution < -0.4 is 24.0 Å². The van der Waals surface area contributed by atoms with Gasteiger partial charge in [-0.1, -0.05) is 0 Å². The van der Waals surface area contributed by atoms with Gasteiger partial charge in [-0.3, -0.25) is 4.79 Å². The van der Waals surface area contributed by atoms with Gasteiger partial charge in [-0.05, 0) is 76.0 Å². The summed E-state index contributed by atoms with van der Waals surface area (Å²) >= 11 is 6.91. The number of quaternary nitrogens is 1. The predicted octanol–water partition coefficient (Wildman–Crippen LogP) is 1.52. The van der Waals surface area contributed by atoms with E-state index in [0.29, 0.717) is 30.4 Å². The molecule has 0 aromatic rings. The van der Waals surface area contributed by atoms with Crippen LogP contribution in [-0.2, 0) is 9.53 Å². The number of piperidine rings is 2. The van der Waals surface area contributed by atoms with Gasteiger partial charge < -0.3 is 33.2 Å². The summed E-state index contributed by atoms with van der Waals surface area (Å²) in [6, 6.07) is 0.709. The van der Waals surface area contributed by atoms with Gasteiger partial charge in [0.15, 0.2) is 0 Å². The van der Waals surface area contributed by atoms with Crippen molar-refractivity contribution >= 4 is 17.6 Å². The van der Waals surface area contributed by atoms with Crippen molar-refractivity contribution in [3.63, 3.8) is 0 Å². The number of halogens is 2. The summed E-state index contributed by atoms with van der Waals surface area (Å²) in [6.45, 7) is 3.29. The van der Waals surface area contributed by atoms with Crippen molar-refractivity contribution in [1.82, 2.24) is 0 Å². The molecule has 0 spiro atoms. The third kappa shape index (κ3) is 3.58. The number of carbonyl (C=O) groups excluding carboxylic acids is 1. The molecule has 4 aliphatic carbocycles. The first-order valence-corrected chi connectivity index (χ1v) is 11.5. The van der Waals surface area contributed by atoms with Crippen LogP contribution in [0, 0.1) is 23.2 Å². The van der Waals surface area contributed by atoms with Gasteiger partial charge in [-0.15, -0.1) is 11.6 Å². The molecule has 0 amide bonds. The molecule has 5 atom stereocenters. The average molecular weight is 508 g/mol. The number of ether oxygens (including phenoxy) is 1. The molecule has 154 valence electrons. The lowest BCUT2D eigenvalue weighted by molar-refractivity contribution is -0.947. The van der Waals surface area contributed by atoms with Crippen molar-refractivity contribution in [2.24, 2.45) is 23.2 Å². The smallest absolute Gasteiger partial charge is 0.312 e. The maximum Gasteiger partial charge on any atom is 0.312 e. The summed E-state index contributed by atoms with van der Waals surface area (Å²) in [7, 11) is 2.44. The zero-order chi connectivity index (χ0) is 18.0. The normalized spacial score (nSPS) is 50.6. The third-order valence-electron chi connectivity index (χ3n) is 8.86. The van der Waals surface area contributed by atoms with Crippen LogP contribution >= 0.6 is 11.6 Å².